The lowest BCUT2D eigenvalue weighted by molar-refractivity contribution is -0.130. The van der Waals surface area contributed by atoms with Gasteiger partial charge in [0.05, 0.1) is 12.2 Å². The monoisotopic (exact) mass is 426 g/mol. The van der Waals surface area contributed by atoms with Gasteiger partial charge in [-0.05, 0) is 23.3 Å². The number of benzene rings is 3. The highest BCUT2D eigenvalue weighted by molar-refractivity contribution is 7.90. The summed E-state index contributed by atoms with van der Waals surface area (Å²) in [6, 6.07) is 23.1. The second-order valence-electron chi connectivity index (χ2n) is 6.96. The molecule has 0 aliphatic rings. The van der Waals surface area contributed by atoms with E-state index in [-0.39, 0.29) is 18.1 Å². The van der Waals surface area contributed by atoms with Crippen molar-refractivity contribution in [3.63, 3.8) is 0 Å². The lowest BCUT2D eigenvalue weighted by atomic mass is 10.1. The van der Waals surface area contributed by atoms with Gasteiger partial charge in [-0.15, -0.1) is 0 Å². The fourth-order valence-corrected chi connectivity index (χ4v) is 4.11. The molecule has 0 aliphatic heterocycles. The molecule has 0 aromatic heterocycles. The van der Waals surface area contributed by atoms with Crippen molar-refractivity contribution in [2.45, 2.75) is 18.0 Å². The van der Waals surface area contributed by atoms with Crippen LogP contribution < -0.4 is 5.32 Å². The molecule has 0 heterocycles. The van der Waals surface area contributed by atoms with E-state index in [4.69, 9.17) is 0 Å². The molecule has 30 heavy (non-hydrogen) atoms. The third-order valence-electron chi connectivity index (χ3n) is 4.55. The number of hydrogen-bond acceptors (Lipinski definition) is 4. The molecule has 1 N–H and O–H groups in total. The number of carbonyl (C=O) groups excluding carboxylic acids is 1. The van der Waals surface area contributed by atoms with Crippen LogP contribution in [0.15, 0.2) is 83.8 Å². The van der Waals surface area contributed by atoms with Gasteiger partial charge in [-0.3, -0.25) is 4.79 Å². The summed E-state index contributed by atoms with van der Waals surface area (Å²) >= 11 is 0. The van der Waals surface area contributed by atoms with Crippen LogP contribution in [0.5, 0.6) is 0 Å². The SMILES string of the molecule is CS(=O)(=O)c1c(F)cccc1NCC(=O)N(Cc1ccccc1)Cc1ccccc1. The molecule has 0 saturated carbocycles. The Morgan fingerprint density at radius 3 is 1.90 bits per heavy atom. The van der Waals surface area contributed by atoms with Gasteiger partial charge in [0.2, 0.25) is 5.91 Å². The number of carbonyl (C=O) groups is 1. The van der Waals surface area contributed by atoms with Gasteiger partial charge in [0.1, 0.15) is 10.7 Å². The van der Waals surface area contributed by atoms with E-state index in [0.29, 0.717) is 13.1 Å². The zero-order valence-electron chi connectivity index (χ0n) is 16.6. The predicted octanol–water partition coefficient (Wildman–Crippen LogP) is 3.87. The Hall–Kier alpha value is -3.19. The third-order valence-corrected chi connectivity index (χ3v) is 5.71. The summed E-state index contributed by atoms with van der Waals surface area (Å²) in [6.45, 7) is 0.641. The van der Waals surface area contributed by atoms with Crippen molar-refractivity contribution in [2.75, 3.05) is 18.1 Å². The second kappa shape index (κ2) is 9.54. The summed E-state index contributed by atoms with van der Waals surface area (Å²) < 4.78 is 38.0. The number of hydrogen-bond donors (Lipinski definition) is 1. The second-order valence-corrected chi connectivity index (χ2v) is 8.92. The minimum atomic E-state index is -3.79. The molecule has 0 fully saturated rings. The van der Waals surface area contributed by atoms with Crippen molar-refractivity contribution in [3.05, 3.63) is 95.8 Å². The highest BCUT2D eigenvalue weighted by Gasteiger charge is 2.20. The molecule has 0 bridgehead atoms. The van der Waals surface area contributed by atoms with E-state index < -0.39 is 20.5 Å². The van der Waals surface area contributed by atoms with Crippen LogP contribution in [0.1, 0.15) is 11.1 Å². The zero-order chi connectivity index (χ0) is 21.6. The van der Waals surface area contributed by atoms with E-state index in [9.17, 15) is 17.6 Å². The highest BCUT2D eigenvalue weighted by Crippen LogP contribution is 2.24. The zero-order valence-corrected chi connectivity index (χ0v) is 17.4. The molecule has 0 atom stereocenters. The van der Waals surface area contributed by atoms with Crippen molar-refractivity contribution in [2.24, 2.45) is 0 Å². The topological polar surface area (TPSA) is 66.5 Å². The largest absolute Gasteiger partial charge is 0.375 e. The molecule has 0 saturated heterocycles. The Bertz CT molecular complexity index is 1060. The highest BCUT2D eigenvalue weighted by atomic mass is 32.2. The normalized spacial score (nSPS) is 11.1. The van der Waals surface area contributed by atoms with Crippen LogP contribution in [0.25, 0.3) is 0 Å². The average molecular weight is 427 g/mol. The first kappa shape index (κ1) is 21.5. The number of sulfone groups is 1. The van der Waals surface area contributed by atoms with Crippen LogP contribution in [-0.2, 0) is 27.7 Å². The summed E-state index contributed by atoms with van der Waals surface area (Å²) in [5.74, 6) is -1.08. The number of amides is 1. The van der Waals surface area contributed by atoms with E-state index >= 15 is 0 Å². The Balaban J connectivity index is 1.79. The first-order chi connectivity index (χ1) is 14.3. The Morgan fingerprint density at radius 2 is 1.40 bits per heavy atom. The van der Waals surface area contributed by atoms with Gasteiger partial charge < -0.3 is 10.2 Å². The van der Waals surface area contributed by atoms with Crippen LogP contribution in [0, 0.1) is 5.82 Å². The van der Waals surface area contributed by atoms with Gasteiger partial charge in [0, 0.05) is 19.3 Å². The summed E-state index contributed by atoms with van der Waals surface area (Å²) in [5, 5.41) is 2.80. The Morgan fingerprint density at radius 1 is 0.867 bits per heavy atom. The van der Waals surface area contributed by atoms with E-state index in [0.717, 1.165) is 23.4 Å². The van der Waals surface area contributed by atoms with Crippen molar-refractivity contribution in [1.29, 1.82) is 0 Å². The molecular formula is C23H23FN2O3S. The number of anilines is 1. The lowest BCUT2D eigenvalue weighted by Gasteiger charge is -2.24. The summed E-state index contributed by atoms with van der Waals surface area (Å²) in [7, 11) is -3.79. The van der Waals surface area contributed by atoms with Crippen molar-refractivity contribution < 1.29 is 17.6 Å². The molecule has 0 aliphatic carbocycles. The number of nitrogens with one attached hydrogen (secondary N) is 1. The first-order valence-electron chi connectivity index (χ1n) is 9.42. The third kappa shape index (κ3) is 5.67. The average Bonchev–Trinajstić information content (AvgIpc) is 2.72. The van der Waals surface area contributed by atoms with Gasteiger partial charge in [-0.2, -0.15) is 0 Å². The standard InChI is InChI=1S/C23H23FN2O3S/c1-30(28,29)23-20(24)13-8-14-21(23)25-15-22(27)26(16-18-9-4-2-5-10-18)17-19-11-6-3-7-12-19/h2-14,25H,15-17H2,1H3. The molecule has 0 radical (unpaired) electrons. The molecule has 3 aromatic rings. The number of nitrogens with zero attached hydrogens (tertiary/aromatic N) is 1. The molecule has 3 rings (SSSR count). The van der Waals surface area contributed by atoms with Gasteiger partial charge in [-0.25, -0.2) is 12.8 Å². The van der Waals surface area contributed by atoms with Gasteiger partial charge in [0.15, 0.2) is 9.84 Å². The number of rotatable bonds is 8. The quantitative estimate of drug-likeness (QED) is 0.594. The maximum absolute atomic E-state index is 14.1. The molecule has 156 valence electrons. The Labute approximate surface area is 176 Å². The lowest BCUT2D eigenvalue weighted by Crippen LogP contribution is -2.35. The predicted molar refractivity (Wildman–Crippen MR) is 115 cm³/mol. The van der Waals surface area contributed by atoms with E-state index in [1.807, 2.05) is 60.7 Å². The minimum absolute atomic E-state index is 0.0743. The molecule has 0 unspecified atom stereocenters. The van der Waals surface area contributed by atoms with E-state index in [1.54, 1.807) is 4.90 Å². The fourth-order valence-electron chi connectivity index (χ4n) is 3.15. The fraction of sp³-hybridized carbons (Fsp3) is 0.174. The van der Waals surface area contributed by atoms with Gasteiger partial charge >= 0.3 is 0 Å². The van der Waals surface area contributed by atoms with Crippen LogP contribution in [0.4, 0.5) is 10.1 Å². The van der Waals surface area contributed by atoms with E-state index in [2.05, 4.69) is 5.32 Å². The summed E-state index contributed by atoms with van der Waals surface area (Å²) in [6.07, 6.45) is 0.940. The van der Waals surface area contributed by atoms with Crippen LogP contribution in [0.2, 0.25) is 0 Å². The minimum Gasteiger partial charge on any atom is -0.375 e. The molecule has 0 spiro atoms. The Kier molecular flexibility index (Phi) is 6.84. The van der Waals surface area contributed by atoms with Crippen LogP contribution in [-0.4, -0.2) is 32.0 Å². The van der Waals surface area contributed by atoms with Crippen molar-refractivity contribution >= 4 is 21.4 Å². The smallest absolute Gasteiger partial charge is 0.242 e. The van der Waals surface area contributed by atoms with Crippen LogP contribution in [0.3, 0.4) is 0 Å². The maximum Gasteiger partial charge on any atom is 0.242 e. The van der Waals surface area contributed by atoms with Crippen molar-refractivity contribution in [1.82, 2.24) is 4.90 Å². The van der Waals surface area contributed by atoms with E-state index in [1.165, 1.54) is 12.1 Å². The van der Waals surface area contributed by atoms with Crippen molar-refractivity contribution in [3.8, 4) is 0 Å². The summed E-state index contributed by atoms with van der Waals surface area (Å²) in [5.41, 5.74) is 2.03. The molecule has 1 amide bonds. The summed E-state index contributed by atoms with van der Waals surface area (Å²) in [4.78, 5) is 14.2. The molecule has 3 aromatic carbocycles. The maximum atomic E-state index is 14.1. The molecular weight excluding hydrogens is 403 g/mol. The number of halogens is 1. The molecule has 5 nitrogen and oxygen atoms in total. The van der Waals surface area contributed by atoms with Gasteiger partial charge in [0.25, 0.3) is 0 Å². The van der Waals surface area contributed by atoms with Crippen LogP contribution >= 0.6 is 0 Å². The first-order valence-corrected chi connectivity index (χ1v) is 11.3. The molecule has 7 heteroatoms. The van der Waals surface area contributed by atoms with Gasteiger partial charge in [-0.1, -0.05) is 66.7 Å².